The molecule has 5 nitrogen and oxygen atoms in total. The molecule has 1 aromatic heterocycles. The van der Waals surface area contributed by atoms with E-state index in [0.29, 0.717) is 18.0 Å². The molecule has 1 unspecified atom stereocenters. The van der Waals surface area contributed by atoms with Gasteiger partial charge in [-0.05, 0) is 27.2 Å². The van der Waals surface area contributed by atoms with Crippen molar-refractivity contribution in [3.8, 4) is 0 Å². The van der Waals surface area contributed by atoms with Crippen LogP contribution in [0, 0.1) is 13.8 Å². The molecule has 1 aromatic rings. The van der Waals surface area contributed by atoms with E-state index in [-0.39, 0.29) is 0 Å². The number of halogens is 1. The molecule has 0 aromatic carbocycles. The highest BCUT2D eigenvalue weighted by molar-refractivity contribution is 6.31. The minimum Gasteiger partial charge on any atom is -0.468 e. The second-order valence-electron chi connectivity index (χ2n) is 4.37. The molecule has 0 saturated carbocycles. The smallest absolute Gasteiger partial charge is 0.325 e. The van der Waals surface area contributed by atoms with Crippen LogP contribution < -0.4 is 5.73 Å². The van der Waals surface area contributed by atoms with E-state index < -0.39 is 11.5 Å². The fourth-order valence-corrected chi connectivity index (χ4v) is 1.70. The summed E-state index contributed by atoms with van der Waals surface area (Å²) in [7, 11) is 1.33. The summed E-state index contributed by atoms with van der Waals surface area (Å²) < 4.78 is 6.40. The zero-order valence-corrected chi connectivity index (χ0v) is 11.3. The molecule has 0 radical (unpaired) electrons. The molecule has 1 atom stereocenters. The lowest BCUT2D eigenvalue weighted by atomic mass is 10.00. The number of esters is 1. The van der Waals surface area contributed by atoms with E-state index >= 15 is 0 Å². The summed E-state index contributed by atoms with van der Waals surface area (Å²) in [5.41, 5.74) is 6.52. The number of ether oxygens (including phenoxy) is 1. The second-order valence-corrected chi connectivity index (χ2v) is 4.74. The average Bonchev–Trinajstić information content (AvgIpc) is 2.53. The first-order valence-electron chi connectivity index (χ1n) is 5.36. The van der Waals surface area contributed by atoms with Crippen LogP contribution in [0.25, 0.3) is 0 Å². The number of aryl methyl sites for hydroxylation is 2. The Morgan fingerprint density at radius 2 is 2.18 bits per heavy atom. The van der Waals surface area contributed by atoms with Crippen molar-refractivity contribution in [1.82, 2.24) is 9.78 Å². The first-order valence-corrected chi connectivity index (χ1v) is 5.74. The molecule has 0 amide bonds. The van der Waals surface area contributed by atoms with Crippen LogP contribution in [0.1, 0.15) is 24.7 Å². The SMILES string of the molecule is COC(=O)C(C)(N)CCn1nc(C)c(Cl)c1C. The molecule has 0 spiro atoms. The third kappa shape index (κ3) is 2.98. The monoisotopic (exact) mass is 259 g/mol. The van der Waals surface area contributed by atoms with Gasteiger partial charge >= 0.3 is 5.97 Å². The van der Waals surface area contributed by atoms with E-state index in [0.717, 1.165) is 11.4 Å². The largest absolute Gasteiger partial charge is 0.468 e. The molecular formula is C11H18ClN3O2. The fourth-order valence-electron chi connectivity index (χ4n) is 1.57. The van der Waals surface area contributed by atoms with Crippen LogP contribution in [0.15, 0.2) is 0 Å². The second kappa shape index (κ2) is 5.06. The van der Waals surface area contributed by atoms with E-state index in [1.54, 1.807) is 11.6 Å². The maximum absolute atomic E-state index is 11.4. The topological polar surface area (TPSA) is 70.1 Å². The van der Waals surface area contributed by atoms with Crippen LogP contribution >= 0.6 is 11.6 Å². The van der Waals surface area contributed by atoms with E-state index in [1.807, 2.05) is 13.8 Å². The molecule has 0 bridgehead atoms. The third-order valence-electron chi connectivity index (χ3n) is 2.79. The predicted octanol–water partition coefficient (Wildman–Crippen LogP) is 1.43. The molecule has 2 N–H and O–H groups in total. The zero-order valence-electron chi connectivity index (χ0n) is 10.6. The van der Waals surface area contributed by atoms with E-state index in [1.165, 1.54) is 7.11 Å². The number of rotatable bonds is 4. The molecular weight excluding hydrogens is 242 g/mol. The molecule has 17 heavy (non-hydrogen) atoms. The minimum atomic E-state index is -1.01. The molecule has 1 heterocycles. The third-order valence-corrected chi connectivity index (χ3v) is 3.33. The van der Waals surface area contributed by atoms with Crippen molar-refractivity contribution in [2.45, 2.75) is 39.3 Å². The number of methoxy groups -OCH3 is 1. The van der Waals surface area contributed by atoms with Gasteiger partial charge in [0, 0.05) is 6.54 Å². The number of carbonyl (C=O) groups is 1. The molecule has 6 heteroatoms. The molecule has 0 fully saturated rings. The van der Waals surface area contributed by atoms with Crippen molar-refractivity contribution in [3.63, 3.8) is 0 Å². The molecule has 0 aliphatic heterocycles. The Morgan fingerprint density at radius 1 is 1.59 bits per heavy atom. The van der Waals surface area contributed by atoms with Crippen LogP contribution in [0.5, 0.6) is 0 Å². The number of nitrogens with two attached hydrogens (primary N) is 1. The summed E-state index contributed by atoms with van der Waals surface area (Å²) in [4.78, 5) is 11.4. The highest BCUT2D eigenvalue weighted by Crippen LogP contribution is 2.20. The van der Waals surface area contributed by atoms with Crippen LogP contribution in [0.3, 0.4) is 0 Å². The lowest BCUT2D eigenvalue weighted by molar-refractivity contribution is -0.146. The summed E-state index contributed by atoms with van der Waals surface area (Å²) in [6.07, 6.45) is 0.442. The van der Waals surface area contributed by atoms with E-state index in [9.17, 15) is 4.79 Å². The Labute approximate surface area is 106 Å². The van der Waals surface area contributed by atoms with Crippen molar-refractivity contribution in [3.05, 3.63) is 16.4 Å². The summed E-state index contributed by atoms with van der Waals surface area (Å²) in [6, 6.07) is 0. The summed E-state index contributed by atoms with van der Waals surface area (Å²) in [6.45, 7) is 5.90. The molecule has 96 valence electrons. The number of hydrogen-bond acceptors (Lipinski definition) is 4. The van der Waals surface area contributed by atoms with Gasteiger partial charge in [0.15, 0.2) is 0 Å². The van der Waals surface area contributed by atoms with Crippen molar-refractivity contribution in [2.24, 2.45) is 5.73 Å². The van der Waals surface area contributed by atoms with Gasteiger partial charge in [0.05, 0.1) is 23.5 Å². The number of nitrogens with zero attached hydrogens (tertiary/aromatic N) is 2. The van der Waals surface area contributed by atoms with Gasteiger partial charge in [-0.25, -0.2) is 0 Å². The Hall–Kier alpha value is -1.07. The fraction of sp³-hybridized carbons (Fsp3) is 0.636. The quantitative estimate of drug-likeness (QED) is 0.831. The standard InChI is InChI=1S/C11H18ClN3O2/c1-7-9(12)8(2)15(14-7)6-5-11(3,13)10(16)17-4/h5-6,13H2,1-4H3. The minimum absolute atomic E-state index is 0.426. The molecule has 0 aliphatic rings. The van der Waals surface area contributed by atoms with Crippen LogP contribution in [-0.4, -0.2) is 28.4 Å². The van der Waals surface area contributed by atoms with Gasteiger partial charge in [-0.1, -0.05) is 11.6 Å². The van der Waals surface area contributed by atoms with Gasteiger partial charge < -0.3 is 10.5 Å². The lowest BCUT2D eigenvalue weighted by Gasteiger charge is -2.21. The van der Waals surface area contributed by atoms with Gasteiger partial charge in [0.25, 0.3) is 0 Å². The Bertz CT molecular complexity index is 427. The van der Waals surface area contributed by atoms with Crippen molar-refractivity contribution in [2.75, 3.05) is 7.11 Å². The molecule has 1 rings (SSSR count). The number of carbonyl (C=O) groups excluding carboxylic acids is 1. The Morgan fingerprint density at radius 3 is 2.59 bits per heavy atom. The van der Waals surface area contributed by atoms with Crippen molar-refractivity contribution < 1.29 is 9.53 Å². The van der Waals surface area contributed by atoms with E-state index in [4.69, 9.17) is 17.3 Å². The van der Waals surface area contributed by atoms with Crippen LogP contribution in [-0.2, 0) is 16.1 Å². The normalized spacial score (nSPS) is 14.5. The van der Waals surface area contributed by atoms with Gasteiger partial charge in [0.1, 0.15) is 5.54 Å². The van der Waals surface area contributed by atoms with Crippen LogP contribution in [0.2, 0.25) is 5.02 Å². The van der Waals surface area contributed by atoms with Gasteiger partial charge in [-0.2, -0.15) is 5.10 Å². The first kappa shape index (κ1) is 14.0. The lowest BCUT2D eigenvalue weighted by Crippen LogP contribution is -2.46. The van der Waals surface area contributed by atoms with Gasteiger partial charge in [-0.15, -0.1) is 0 Å². The summed E-state index contributed by atoms with van der Waals surface area (Å²) in [5, 5.41) is 4.93. The molecule has 0 saturated heterocycles. The highest BCUT2D eigenvalue weighted by atomic mass is 35.5. The first-order chi connectivity index (χ1) is 7.79. The Kier molecular flexibility index (Phi) is 4.16. The highest BCUT2D eigenvalue weighted by Gasteiger charge is 2.29. The van der Waals surface area contributed by atoms with Crippen molar-refractivity contribution >= 4 is 17.6 Å². The zero-order chi connectivity index (χ0) is 13.2. The van der Waals surface area contributed by atoms with Crippen LogP contribution in [0.4, 0.5) is 0 Å². The summed E-state index contributed by atoms with van der Waals surface area (Å²) in [5.74, 6) is -0.426. The van der Waals surface area contributed by atoms with Gasteiger partial charge in [-0.3, -0.25) is 9.48 Å². The maximum atomic E-state index is 11.4. The average molecular weight is 260 g/mol. The van der Waals surface area contributed by atoms with Gasteiger partial charge in [0.2, 0.25) is 0 Å². The number of aromatic nitrogens is 2. The summed E-state index contributed by atoms with van der Waals surface area (Å²) >= 11 is 6.03. The van der Waals surface area contributed by atoms with Crippen molar-refractivity contribution in [1.29, 1.82) is 0 Å². The molecule has 0 aliphatic carbocycles. The predicted molar refractivity (Wildman–Crippen MR) is 65.9 cm³/mol. The van der Waals surface area contributed by atoms with E-state index in [2.05, 4.69) is 9.84 Å². The Balaban J connectivity index is 2.74. The number of hydrogen-bond donors (Lipinski definition) is 1. The maximum Gasteiger partial charge on any atom is 0.325 e.